The van der Waals surface area contributed by atoms with Crippen LogP contribution in [0.1, 0.15) is 5.56 Å². The number of rotatable bonds is 2. The quantitative estimate of drug-likeness (QED) is 0.738. The highest BCUT2D eigenvalue weighted by Crippen LogP contribution is 2.22. The number of nitriles is 1. The summed E-state index contributed by atoms with van der Waals surface area (Å²) in [5, 5.41) is 8.74. The first-order valence-electron chi connectivity index (χ1n) is 3.54. The van der Waals surface area contributed by atoms with Gasteiger partial charge in [0.05, 0.1) is 5.56 Å². The minimum Gasteiger partial charge on any atom is -0.480 e. The molecule has 0 atom stereocenters. The Hall–Kier alpha value is -1.45. The molecular formula is C10H6BrNO. The van der Waals surface area contributed by atoms with Crippen molar-refractivity contribution in [2.24, 2.45) is 0 Å². The summed E-state index contributed by atoms with van der Waals surface area (Å²) < 4.78 is 6.00. The highest BCUT2D eigenvalue weighted by atomic mass is 79.9. The first-order chi connectivity index (χ1) is 6.27. The molecule has 13 heavy (non-hydrogen) atoms. The number of halogens is 1. The molecule has 0 heterocycles. The molecule has 1 aromatic carbocycles. The summed E-state index contributed by atoms with van der Waals surface area (Å²) in [6.45, 7) is 0.177. The maximum Gasteiger partial charge on any atom is 0.148 e. The summed E-state index contributed by atoms with van der Waals surface area (Å²) in [6, 6.07) is 7.21. The van der Waals surface area contributed by atoms with Crippen LogP contribution in [0.15, 0.2) is 22.7 Å². The van der Waals surface area contributed by atoms with Crippen molar-refractivity contribution in [3.05, 3.63) is 28.2 Å². The monoisotopic (exact) mass is 235 g/mol. The largest absolute Gasteiger partial charge is 0.480 e. The van der Waals surface area contributed by atoms with Gasteiger partial charge in [0.15, 0.2) is 0 Å². The van der Waals surface area contributed by atoms with Crippen molar-refractivity contribution in [2.75, 3.05) is 6.61 Å². The zero-order chi connectivity index (χ0) is 9.68. The Kier molecular flexibility index (Phi) is 3.37. The van der Waals surface area contributed by atoms with Crippen molar-refractivity contribution in [1.82, 2.24) is 0 Å². The summed E-state index contributed by atoms with van der Waals surface area (Å²) in [4.78, 5) is 0. The molecule has 1 aromatic rings. The third-order valence-corrected chi connectivity index (χ3v) is 1.87. The SMILES string of the molecule is C#CCOc1ccc(Br)cc1C#N. The fourth-order valence-corrected chi connectivity index (χ4v) is 1.20. The number of terminal acetylenes is 1. The van der Waals surface area contributed by atoms with E-state index in [4.69, 9.17) is 16.4 Å². The van der Waals surface area contributed by atoms with Crippen LogP contribution in [-0.2, 0) is 0 Å². The average molecular weight is 236 g/mol. The molecule has 0 N–H and O–H groups in total. The average Bonchev–Trinajstić information content (AvgIpc) is 2.16. The zero-order valence-corrected chi connectivity index (χ0v) is 8.34. The molecule has 1 rings (SSSR count). The van der Waals surface area contributed by atoms with Crippen LogP contribution in [0.3, 0.4) is 0 Å². The second kappa shape index (κ2) is 4.54. The Morgan fingerprint density at radius 2 is 2.31 bits per heavy atom. The van der Waals surface area contributed by atoms with Crippen LogP contribution in [0, 0.1) is 23.7 Å². The highest BCUT2D eigenvalue weighted by Gasteiger charge is 2.02. The van der Waals surface area contributed by atoms with Crippen molar-refractivity contribution in [3.63, 3.8) is 0 Å². The van der Waals surface area contributed by atoms with E-state index < -0.39 is 0 Å². The molecule has 0 saturated heterocycles. The van der Waals surface area contributed by atoms with E-state index in [0.717, 1.165) is 4.47 Å². The molecule has 64 valence electrons. The lowest BCUT2D eigenvalue weighted by Crippen LogP contribution is -1.95. The fourth-order valence-electron chi connectivity index (χ4n) is 0.835. The third-order valence-electron chi connectivity index (χ3n) is 1.37. The van der Waals surface area contributed by atoms with Gasteiger partial charge < -0.3 is 4.74 Å². The molecule has 0 radical (unpaired) electrons. The Morgan fingerprint density at radius 1 is 1.54 bits per heavy atom. The lowest BCUT2D eigenvalue weighted by molar-refractivity contribution is 0.369. The number of nitrogens with zero attached hydrogens (tertiary/aromatic N) is 1. The summed E-state index contributed by atoms with van der Waals surface area (Å²) >= 11 is 3.26. The number of ether oxygens (including phenoxy) is 1. The third kappa shape index (κ3) is 2.50. The van der Waals surface area contributed by atoms with E-state index in [1.54, 1.807) is 18.2 Å². The highest BCUT2D eigenvalue weighted by molar-refractivity contribution is 9.10. The van der Waals surface area contributed by atoms with Crippen molar-refractivity contribution in [1.29, 1.82) is 5.26 Å². The van der Waals surface area contributed by atoms with E-state index in [-0.39, 0.29) is 6.61 Å². The van der Waals surface area contributed by atoms with Gasteiger partial charge in [-0.25, -0.2) is 0 Å². The summed E-state index contributed by atoms with van der Waals surface area (Å²) in [7, 11) is 0. The van der Waals surface area contributed by atoms with Gasteiger partial charge in [0.1, 0.15) is 18.4 Å². The van der Waals surface area contributed by atoms with Crippen LogP contribution in [0.25, 0.3) is 0 Å². The number of hydrogen-bond acceptors (Lipinski definition) is 2. The minimum absolute atomic E-state index is 0.177. The normalized spacial score (nSPS) is 8.54. The molecule has 0 bridgehead atoms. The first kappa shape index (κ1) is 9.64. The van der Waals surface area contributed by atoms with Gasteiger partial charge in [-0.05, 0) is 18.2 Å². The lowest BCUT2D eigenvalue weighted by atomic mass is 10.2. The number of hydrogen-bond donors (Lipinski definition) is 0. The number of benzene rings is 1. The Balaban J connectivity index is 2.96. The van der Waals surface area contributed by atoms with E-state index in [2.05, 4.69) is 21.9 Å². The second-order valence-electron chi connectivity index (χ2n) is 2.25. The first-order valence-corrected chi connectivity index (χ1v) is 4.33. The van der Waals surface area contributed by atoms with E-state index in [1.807, 2.05) is 6.07 Å². The van der Waals surface area contributed by atoms with E-state index >= 15 is 0 Å². The van der Waals surface area contributed by atoms with Crippen LogP contribution in [0.2, 0.25) is 0 Å². The molecule has 0 amide bonds. The summed E-state index contributed by atoms with van der Waals surface area (Å²) in [5.74, 6) is 2.86. The molecule has 0 aromatic heterocycles. The maximum absolute atomic E-state index is 8.74. The van der Waals surface area contributed by atoms with Gasteiger partial charge >= 0.3 is 0 Å². The molecule has 0 unspecified atom stereocenters. The van der Waals surface area contributed by atoms with E-state index in [0.29, 0.717) is 11.3 Å². The molecule has 0 saturated carbocycles. The molecule has 0 aliphatic carbocycles. The van der Waals surface area contributed by atoms with Crippen molar-refractivity contribution in [2.45, 2.75) is 0 Å². The van der Waals surface area contributed by atoms with Crippen LogP contribution >= 0.6 is 15.9 Å². The molecule has 3 heteroatoms. The van der Waals surface area contributed by atoms with Crippen molar-refractivity contribution in [3.8, 4) is 24.2 Å². The smallest absolute Gasteiger partial charge is 0.148 e. The molecule has 0 aliphatic rings. The van der Waals surface area contributed by atoms with Crippen LogP contribution < -0.4 is 4.74 Å². The Bertz CT molecular complexity index is 387. The summed E-state index contributed by atoms with van der Waals surface area (Å²) in [5.41, 5.74) is 0.477. The molecule has 0 spiro atoms. The van der Waals surface area contributed by atoms with Crippen LogP contribution in [0.4, 0.5) is 0 Å². The topological polar surface area (TPSA) is 33.0 Å². The minimum atomic E-state index is 0.177. The standard InChI is InChI=1S/C10H6BrNO/c1-2-5-13-10-4-3-9(11)6-8(10)7-12/h1,3-4,6H,5H2. The molecule has 0 aliphatic heterocycles. The molecule has 0 fully saturated rings. The van der Waals surface area contributed by atoms with Crippen molar-refractivity contribution < 1.29 is 4.74 Å². The van der Waals surface area contributed by atoms with E-state index in [1.165, 1.54) is 0 Å². The summed E-state index contributed by atoms with van der Waals surface area (Å²) in [6.07, 6.45) is 5.03. The van der Waals surface area contributed by atoms with Crippen LogP contribution in [0.5, 0.6) is 5.75 Å². The van der Waals surface area contributed by atoms with Gasteiger partial charge in [0.2, 0.25) is 0 Å². The predicted octanol–water partition coefficient (Wildman–Crippen LogP) is 2.33. The van der Waals surface area contributed by atoms with Gasteiger partial charge in [-0.15, -0.1) is 6.42 Å². The van der Waals surface area contributed by atoms with Gasteiger partial charge in [0.25, 0.3) is 0 Å². The van der Waals surface area contributed by atoms with Gasteiger partial charge in [0, 0.05) is 4.47 Å². The lowest BCUT2D eigenvalue weighted by Gasteiger charge is -2.03. The van der Waals surface area contributed by atoms with Gasteiger partial charge in [-0.2, -0.15) is 5.26 Å². The zero-order valence-electron chi connectivity index (χ0n) is 6.75. The Labute approximate surface area is 85.3 Å². The van der Waals surface area contributed by atoms with Gasteiger partial charge in [-0.3, -0.25) is 0 Å². The van der Waals surface area contributed by atoms with Crippen molar-refractivity contribution >= 4 is 15.9 Å². The molecule has 2 nitrogen and oxygen atoms in total. The maximum atomic E-state index is 8.74. The fraction of sp³-hybridized carbons (Fsp3) is 0.100. The van der Waals surface area contributed by atoms with E-state index in [9.17, 15) is 0 Å². The molecular weight excluding hydrogens is 230 g/mol. The van der Waals surface area contributed by atoms with Crippen LogP contribution in [-0.4, -0.2) is 6.61 Å². The Morgan fingerprint density at radius 3 is 2.92 bits per heavy atom. The second-order valence-corrected chi connectivity index (χ2v) is 3.16. The van der Waals surface area contributed by atoms with Gasteiger partial charge in [-0.1, -0.05) is 21.9 Å². The predicted molar refractivity (Wildman–Crippen MR) is 53.2 cm³/mol.